The highest BCUT2D eigenvalue weighted by molar-refractivity contribution is 7.62. The molecule has 0 N–H and O–H groups in total. The molecular weight excluding hydrogens is 398 g/mol. The molecule has 2 aromatic rings. The fourth-order valence-electron chi connectivity index (χ4n) is 6.50. The third kappa shape index (κ3) is 4.87. The Morgan fingerprint density at radius 2 is 0.933 bits per heavy atom. The quantitative estimate of drug-likeness (QED) is 0.413. The summed E-state index contributed by atoms with van der Waals surface area (Å²) in [4.78, 5) is 0. The summed E-state index contributed by atoms with van der Waals surface area (Å²) in [7, 11) is 0.549. The largest absolute Gasteiger partial charge is 0.106 e. The van der Waals surface area contributed by atoms with Gasteiger partial charge in [-0.25, -0.2) is 0 Å². The van der Waals surface area contributed by atoms with Crippen LogP contribution < -0.4 is 0 Å². The van der Waals surface area contributed by atoms with Gasteiger partial charge < -0.3 is 0 Å². The molecule has 162 valence electrons. The van der Waals surface area contributed by atoms with Crippen LogP contribution in [0.4, 0.5) is 0 Å². The second-order valence-corrected chi connectivity index (χ2v) is 15.4. The van der Waals surface area contributed by atoms with Crippen molar-refractivity contribution in [3.05, 3.63) is 68.8 Å². The summed E-state index contributed by atoms with van der Waals surface area (Å²) in [5, 5.41) is 0. The zero-order chi connectivity index (χ0) is 21.4. The summed E-state index contributed by atoms with van der Waals surface area (Å²) in [6.45, 7) is 13.8. The molecule has 2 fully saturated rings. The lowest BCUT2D eigenvalue weighted by atomic mass is 9.89. The summed E-state index contributed by atoms with van der Waals surface area (Å²) in [5.41, 5.74) is 12.4. The molecule has 4 rings (SSSR count). The number of aryl methyl sites for hydroxylation is 6. The van der Waals surface area contributed by atoms with Gasteiger partial charge in [0.15, 0.2) is 0 Å². The zero-order valence-corrected chi connectivity index (χ0v) is 21.8. The van der Waals surface area contributed by atoms with Gasteiger partial charge in [0, 0.05) is 0 Å². The molecule has 2 heterocycles. The fourth-order valence-corrected chi connectivity index (χ4v) is 13.3. The van der Waals surface area contributed by atoms with Gasteiger partial charge in [-0.05, 0) is 137 Å². The molecule has 2 aliphatic heterocycles. The maximum atomic E-state index is 2.40. The van der Waals surface area contributed by atoms with E-state index in [2.05, 4.69) is 65.8 Å². The monoisotopic (exact) mass is 438 g/mol. The average molecular weight is 439 g/mol. The Labute approximate surface area is 187 Å². The molecule has 0 saturated carbocycles. The van der Waals surface area contributed by atoms with E-state index in [1.165, 1.54) is 48.6 Å². The summed E-state index contributed by atoms with van der Waals surface area (Å²) in [6.07, 6.45) is 12.1. The van der Waals surface area contributed by atoms with E-state index in [4.69, 9.17) is 0 Å². The number of hydrogen-bond donors (Lipinski definition) is 0. The van der Waals surface area contributed by atoms with Gasteiger partial charge in [0.2, 0.25) is 0 Å². The molecule has 0 radical (unpaired) electrons. The van der Waals surface area contributed by atoms with Crippen molar-refractivity contribution >= 4 is 15.8 Å². The molecule has 30 heavy (non-hydrogen) atoms. The molecule has 2 heteroatoms. The second kappa shape index (κ2) is 9.43. The van der Waals surface area contributed by atoms with Gasteiger partial charge in [0.1, 0.15) is 0 Å². The third-order valence-electron chi connectivity index (χ3n) is 7.57. The van der Waals surface area contributed by atoms with E-state index in [-0.39, 0.29) is 15.8 Å². The predicted molar refractivity (Wildman–Crippen MR) is 139 cm³/mol. The smallest absolute Gasteiger partial charge is 0.0114 e. The van der Waals surface area contributed by atoms with Crippen molar-refractivity contribution in [2.45, 2.75) is 66.2 Å². The highest BCUT2D eigenvalue weighted by atomic mass is 31.1. The normalized spacial score (nSPS) is 26.5. The van der Waals surface area contributed by atoms with Crippen molar-refractivity contribution in [2.24, 2.45) is 0 Å². The van der Waals surface area contributed by atoms with Crippen LogP contribution in [0.2, 0.25) is 0 Å². The van der Waals surface area contributed by atoms with E-state index < -0.39 is 0 Å². The standard InChI is InChI=1S/C28H40P2/c1-19-13-21(3)27(22(4)14-19)25-7-9-29(17-25)11-12-30-10-8-26(18-30)28-23(5)15-20(2)16-24(28)6/h13-16,25-26H,7-12,17-18H2,1-6H3/t25-,26?,29?,30?/m1/s1. The van der Waals surface area contributed by atoms with E-state index in [0.717, 1.165) is 11.8 Å². The van der Waals surface area contributed by atoms with Crippen molar-refractivity contribution < 1.29 is 0 Å². The van der Waals surface area contributed by atoms with Crippen LogP contribution in [0.1, 0.15) is 69.2 Å². The molecule has 2 aromatic carbocycles. The highest BCUT2D eigenvalue weighted by Crippen LogP contribution is 2.56. The van der Waals surface area contributed by atoms with Crippen LogP contribution in [-0.2, 0) is 0 Å². The van der Waals surface area contributed by atoms with E-state index >= 15 is 0 Å². The topological polar surface area (TPSA) is 0 Å². The SMILES string of the molecule is Cc1cc(C)c(C2CCP(CCP3CC[C@@H](c4c(C)cc(C)cc4C)C3)C2)c(C)c1. The maximum Gasteiger partial charge on any atom is -0.0114 e. The molecule has 0 amide bonds. The Balaban J connectivity index is 1.32. The molecular formula is C28H40P2. The van der Waals surface area contributed by atoms with Gasteiger partial charge >= 0.3 is 0 Å². The number of hydrogen-bond acceptors (Lipinski definition) is 0. The van der Waals surface area contributed by atoms with E-state index in [0.29, 0.717) is 0 Å². The molecule has 2 saturated heterocycles. The Morgan fingerprint density at radius 3 is 1.27 bits per heavy atom. The van der Waals surface area contributed by atoms with Gasteiger partial charge in [0.25, 0.3) is 0 Å². The predicted octanol–water partition coefficient (Wildman–Crippen LogP) is 8.18. The third-order valence-corrected chi connectivity index (χ3v) is 13.3. The van der Waals surface area contributed by atoms with E-state index in [1.807, 2.05) is 0 Å². The van der Waals surface area contributed by atoms with Gasteiger partial charge in [0.05, 0.1) is 0 Å². The molecule has 0 bridgehead atoms. The average Bonchev–Trinajstić information content (AvgIpc) is 3.28. The Hall–Kier alpha value is -0.700. The summed E-state index contributed by atoms with van der Waals surface area (Å²) < 4.78 is 0. The van der Waals surface area contributed by atoms with Crippen LogP contribution in [0.15, 0.2) is 24.3 Å². The van der Waals surface area contributed by atoms with Crippen molar-refractivity contribution in [1.82, 2.24) is 0 Å². The fraction of sp³-hybridized carbons (Fsp3) is 0.571. The van der Waals surface area contributed by atoms with Crippen LogP contribution in [0, 0.1) is 41.5 Å². The highest BCUT2D eigenvalue weighted by Gasteiger charge is 2.31. The lowest BCUT2D eigenvalue weighted by Crippen LogP contribution is -2.04. The summed E-state index contributed by atoms with van der Waals surface area (Å²) >= 11 is 0. The van der Waals surface area contributed by atoms with Crippen molar-refractivity contribution in [2.75, 3.05) is 37.0 Å². The summed E-state index contributed by atoms with van der Waals surface area (Å²) in [5.74, 6) is 1.69. The number of rotatable bonds is 5. The maximum absolute atomic E-state index is 2.40. The Bertz CT molecular complexity index is 791. The number of benzene rings is 2. The van der Waals surface area contributed by atoms with E-state index in [1.54, 1.807) is 45.7 Å². The first-order valence-corrected chi connectivity index (χ1v) is 15.7. The van der Waals surface area contributed by atoms with Crippen molar-refractivity contribution in [3.8, 4) is 0 Å². The zero-order valence-electron chi connectivity index (χ0n) is 20.0. The molecule has 3 unspecified atom stereocenters. The lowest BCUT2D eigenvalue weighted by molar-refractivity contribution is 0.768. The van der Waals surface area contributed by atoms with E-state index in [9.17, 15) is 0 Å². The molecule has 0 spiro atoms. The van der Waals surface area contributed by atoms with Gasteiger partial charge in [-0.1, -0.05) is 35.4 Å². The minimum atomic E-state index is 0.274. The van der Waals surface area contributed by atoms with Gasteiger partial charge in [-0.15, -0.1) is 15.8 Å². The Morgan fingerprint density at radius 1 is 0.600 bits per heavy atom. The first-order chi connectivity index (χ1) is 14.3. The molecule has 0 nitrogen and oxygen atoms in total. The molecule has 0 aromatic heterocycles. The minimum Gasteiger partial charge on any atom is -0.106 e. The van der Waals surface area contributed by atoms with Gasteiger partial charge in [-0.2, -0.15) is 0 Å². The summed E-state index contributed by atoms with van der Waals surface area (Å²) in [6, 6.07) is 9.61. The second-order valence-electron chi connectivity index (χ2n) is 10.2. The Kier molecular flexibility index (Phi) is 7.07. The lowest BCUT2D eigenvalue weighted by Gasteiger charge is -2.20. The first-order valence-electron chi connectivity index (χ1n) is 11.9. The van der Waals surface area contributed by atoms with Crippen LogP contribution in [0.25, 0.3) is 0 Å². The van der Waals surface area contributed by atoms with Crippen LogP contribution >= 0.6 is 15.8 Å². The van der Waals surface area contributed by atoms with Crippen LogP contribution in [-0.4, -0.2) is 37.0 Å². The molecule has 4 atom stereocenters. The van der Waals surface area contributed by atoms with Gasteiger partial charge in [-0.3, -0.25) is 0 Å². The minimum absolute atomic E-state index is 0.274. The van der Waals surface area contributed by atoms with Crippen molar-refractivity contribution in [3.63, 3.8) is 0 Å². The van der Waals surface area contributed by atoms with Crippen molar-refractivity contribution in [1.29, 1.82) is 0 Å². The van der Waals surface area contributed by atoms with Crippen LogP contribution in [0.5, 0.6) is 0 Å². The van der Waals surface area contributed by atoms with Crippen LogP contribution in [0.3, 0.4) is 0 Å². The molecule has 0 aliphatic carbocycles. The first kappa shape index (κ1) is 22.5. The molecule has 2 aliphatic rings.